The van der Waals surface area contributed by atoms with E-state index in [2.05, 4.69) is 10.0 Å². The predicted octanol–water partition coefficient (Wildman–Crippen LogP) is 4.46. The Kier molecular flexibility index (Phi) is 5.69. The van der Waals surface area contributed by atoms with Gasteiger partial charge in [-0.15, -0.1) is 0 Å². The summed E-state index contributed by atoms with van der Waals surface area (Å²) in [5, 5.41) is 14.3. The smallest absolute Gasteiger partial charge is 0.271 e. The number of anilines is 3. The van der Waals surface area contributed by atoms with E-state index in [1.165, 1.54) is 31.4 Å². The normalized spacial score (nSPS) is 11.0. The van der Waals surface area contributed by atoms with Gasteiger partial charge in [-0.1, -0.05) is 24.3 Å². The fourth-order valence-electron chi connectivity index (χ4n) is 2.71. The number of nitro groups is 1. The molecule has 0 saturated heterocycles. The maximum Gasteiger partial charge on any atom is 0.271 e. The summed E-state index contributed by atoms with van der Waals surface area (Å²) in [7, 11) is -2.70. The van der Waals surface area contributed by atoms with Gasteiger partial charge in [0.2, 0.25) is 0 Å². The van der Waals surface area contributed by atoms with Crippen molar-refractivity contribution in [1.29, 1.82) is 0 Å². The number of ether oxygens (including phenoxy) is 1. The third-order valence-corrected chi connectivity index (χ3v) is 5.51. The van der Waals surface area contributed by atoms with Crippen LogP contribution in [0.1, 0.15) is 5.56 Å². The second-order valence-electron chi connectivity index (χ2n) is 6.24. The molecule has 150 valence electrons. The van der Waals surface area contributed by atoms with Crippen LogP contribution in [0.2, 0.25) is 0 Å². The number of aryl methyl sites for hydroxylation is 1. The number of hydrogen-bond acceptors (Lipinski definition) is 6. The lowest BCUT2D eigenvalue weighted by molar-refractivity contribution is -0.384. The Morgan fingerprint density at radius 2 is 1.69 bits per heavy atom. The highest BCUT2D eigenvalue weighted by atomic mass is 32.2. The average molecular weight is 413 g/mol. The van der Waals surface area contributed by atoms with Gasteiger partial charge >= 0.3 is 0 Å². The fourth-order valence-corrected chi connectivity index (χ4v) is 4.04. The summed E-state index contributed by atoms with van der Waals surface area (Å²) in [5.74, 6) is 0.172. The number of benzene rings is 3. The number of para-hydroxylation sites is 1. The monoisotopic (exact) mass is 413 g/mol. The van der Waals surface area contributed by atoms with Gasteiger partial charge in [-0.3, -0.25) is 14.8 Å². The molecule has 3 aromatic rings. The topological polar surface area (TPSA) is 111 Å². The zero-order chi connectivity index (χ0) is 21.0. The summed E-state index contributed by atoms with van der Waals surface area (Å²) in [6.07, 6.45) is 0. The van der Waals surface area contributed by atoms with Gasteiger partial charge in [0.25, 0.3) is 15.7 Å². The minimum Gasteiger partial charge on any atom is -0.495 e. The van der Waals surface area contributed by atoms with Crippen molar-refractivity contribution in [3.8, 4) is 5.75 Å². The molecular formula is C20H19N3O5S. The zero-order valence-electron chi connectivity index (χ0n) is 15.7. The van der Waals surface area contributed by atoms with Crippen molar-refractivity contribution in [1.82, 2.24) is 0 Å². The summed E-state index contributed by atoms with van der Waals surface area (Å²) in [6, 6.07) is 17.8. The Morgan fingerprint density at radius 3 is 2.34 bits per heavy atom. The Hall–Kier alpha value is -3.59. The molecule has 9 heteroatoms. The van der Waals surface area contributed by atoms with E-state index in [1.807, 2.05) is 18.2 Å². The standard InChI is InChI=1S/C20H19N3O5S/c1-14-8-11-19(28-2)20(12-14)29(26,27)22-18-13-16(23(24)25)9-10-17(18)21-15-6-4-3-5-7-15/h3-13,21-22H,1-2H3. The Morgan fingerprint density at radius 1 is 0.966 bits per heavy atom. The molecule has 2 N–H and O–H groups in total. The molecule has 0 heterocycles. The summed E-state index contributed by atoms with van der Waals surface area (Å²) in [5.41, 5.74) is 1.61. The number of nitro benzene ring substituents is 1. The molecule has 8 nitrogen and oxygen atoms in total. The van der Waals surface area contributed by atoms with Crippen molar-refractivity contribution < 1.29 is 18.1 Å². The molecule has 29 heavy (non-hydrogen) atoms. The van der Waals surface area contributed by atoms with E-state index in [1.54, 1.807) is 31.2 Å². The van der Waals surface area contributed by atoms with E-state index < -0.39 is 14.9 Å². The largest absolute Gasteiger partial charge is 0.495 e. The number of non-ortho nitro benzene ring substituents is 1. The quantitative estimate of drug-likeness (QED) is 0.437. The van der Waals surface area contributed by atoms with Crippen molar-refractivity contribution in [2.45, 2.75) is 11.8 Å². The molecule has 0 radical (unpaired) electrons. The van der Waals surface area contributed by atoms with Gasteiger partial charge in [0.05, 0.1) is 23.4 Å². The molecule has 3 aromatic carbocycles. The van der Waals surface area contributed by atoms with Gasteiger partial charge in [-0.05, 0) is 42.8 Å². The predicted molar refractivity (Wildman–Crippen MR) is 111 cm³/mol. The third kappa shape index (κ3) is 4.64. The van der Waals surface area contributed by atoms with E-state index >= 15 is 0 Å². The molecule has 0 aliphatic carbocycles. The Labute approximate surface area is 168 Å². The molecule has 0 fully saturated rings. The maximum absolute atomic E-state index is 13.0. The van der Waals surface area contributed by atoms with Crippen LogP contribution in [0.5, 0.6) is 5.75 Å². The first-order chi connectivity index (χ1) is 13.8. The molecular weight excluding hydrogens is 394 g/mol. The fraction of sp³-hybridized carbons (Fsp3) is 0.100. The van der Waals surface area contributed by atoms with Crippen LogP contribution < -0.4 is 14.8 Å². The van der Waals surface area contributed by atoms with Crippen LogP contribution in [0.4, 0.5) is 22.7 Å². The first-order valence-corrected chi connectivity index (χ1v) is 10.1. The highest BCUT2D eigenvalue weighted by Gasteiger charge is 2.22. The highest BCUT2D eigenvalue weighted by molar-refractivity contribution is 7.92. The first kappa shape index (κ1) is 20.2. The minimum atomic E-state index is -4.07. The number of sulfonamides is 1. The summed E-state index contributed by atoms with van der Waals surface area (Å²) >= 11 is 0. The SMILES string of the molecule is COc1ccc(C)cc1S(=O)(=O)Nc1cc([N+](=O)[O-])ccc1Nc1ccccc1. The van der Waals surface area contributed by atoms with Crippen LogP contribution in [0.25, 0.3) is 0 Å². The number of nitrogens with one attached hydrogen (secondary N) is 2. The molecule has 0 saturated carbocycles. The van der Waals surface area contributed by atoms with Crippen molar-refractivity contribution in [2.24, 2.45) is 0 Å². The van der Waals surface area contributed by atoms with Crippen molar-refractivity contribution in [3.05, 3.63) is 82.4 Å². The lowest BCUT2D eigenvalue weighted by atomic mass is 10.2. The Balaban J connectivity index is 2.05. The van der Waals surface area contributed by atoms with Gasteiger partial charge in [0.1, 0.15) is 10.6 Å². The average Bonchev–Trinajstić information content (AvgIpc) is 2.69. The molecule has 0 aliphatic rings. The second kappa shape index (κ2) is 8.19. The Bertz CT molecular complexity index is 1150. The van der Waals surface area contributed by atoms with Crippen molar-refractivity contribution >= 4 is 32.8 Å². The molecule has 0 atom stereocenters. The van der Waals surface area contributed by atoms with Crippen LogP contribution >= 0.6 is 0 Å². The summed E-state index contributed by atoms with van der Waals surface area (Å²) in [6.45, 7) is 1.76. The maximum atomic E-state index is 13.0. The van der Waals surface area contributed by atoms with Crippen LogP contribution in [0.15, 0.2) is 71.6 Å². The van der Waals surface area contributed by atoms with Crippen LogP contribution in [0, 0.1) is 17.0 Å². The van der Waals surface area contributed by atoms with Crippen molar-refractivity contribution in [2.75, 3.05) is 17.1 Å². The zero-order valence-corrected chi connectivity index (χ0v) is 16.6. The third-order valence-electron chi connectivity index (χ3n) is 4.12. The molecule has 0 aromatic heterocycles. The molecule has 3 rings (SSSR count). The van der Waals surface area contributed by atoms with Crippen LogP contribution in [0.3, 0.4) is 0 Å². The van der Waals surface area contributed by atoms with Gasteiger partial charge in [0.15, 0.2) is 0 Å². The summed E-state index contributed by atoms with van der Waals surface area (Å²) in [4.78, 5) is 10.5. The van der Waals surface area contributed by atoms with Gasteiger partial charge in [-0.2, -0.15) is 0 Å². The summed E-state index contributed by atoms with van der Waals surface area (Å²) < 4.78 is 33.7. The molecule has 0 aliphatic heterocycles. The molecule has 0 bridgehead atoms. The molecule has 0 amide bonds. The van der Waals surface area contributed by atoms with E-state index in [0.717, 1.165) is 5.56 Å². The molecule has 0 unspecified atom stereocenters. The van der Waals surface area contributed by atoms with Crippen molar-refractivity contribution in [3.63, 3.8) is 0 Å². The van der Waals surface area contributed by atoms with E-state index in [9.17, 15) is 18.5 Å². The number of methoxy groups -OCH3 is 1. The lowest BCUT2D eigenvalue weighted by Gasteiger charge is -2.16. The van der Waals surface area contributed by atoms with Gasteiger partial charge in [0, 0.05) is 17.8 Å². The van der Waals surface area contributed by atoms with Gasteiger partial charge < -0.3 is 10.1 Å². The van der Waals surface area contributed by atoms with Gasteiger partial charge in [-0.25, -0.2) is 8.42 Å². The lowest BCUT2D eigenvalue weighted by Crippen LogP contribution is -2.15. The van der Waals surface area contributed by atoms with Crippen LogP contribution in [-0.4, -0.2) is 20.5 Å². The second-order valence-corrected chi connectivity index (χ2v) is 7.89. The highest BCUT2D eigenvalue weighted by Crippen LogP contribution is 2.33. The van der Waals surface area contributed by atoms with E-state index in [-0.39, 0.29) is 22.0 Å². The van der Waals surface area contributed by atoms with E-state index in [4.69, 9.17) is 4.74 Å². The number of hydrogen-bond donors (Lipinski definition) is 2. The molecule has 0 spiro atoms. The first-order valence-electron chi connectivity index (χ1n) is 8.58. The minimum absolute atomic E-state index is 0.0478. The van der Waals surface area contributed by atoms with E-state index in [0.29, 0.717) is 11.4 Å². The number of nitrogens with zero attached hydrogens (tertiary/aromatic N) is 1. The van der Waals surface area contributed by atoms with Crippen LogP contribution in [-0.2, 0) is 10.0 Å². The number of rotatable bonds is 7.